The Morgan fingerprint density at radius 2 is 2.11 bits per heavy atom. The van der Waals surface area contributed by atoms with Gasteiger partial charge < -0.3 is 14.4 Å². The maximum Gasteiger partial charge on any atom is 0.416 e. The maximum atomic E-state index is 11.7. The number of hydrogen-bond acceptors (Lipinski definition) is 3. The second-order valence-electron chi connectivity index (χ2n) is 4.08. The van der Waals surface area contributed by atoms with E-state index in [9.17, 15) is 4.79 Å². The van der Waals surface area contributed by atoms with E-state index < -0.39 is 6.09 Å². The van der Waals surface area contributed by atoms with Crippen LogP contribution < -0.4 is 0 Å². The van der Waals surface area contributed by atoms with Crippen LogP contribution >= 0.6 is 23.2 Å². The minimum absolute atomic E-state index is 0.139. The van der Waals surface area contributed by atoms with Gasteiger partial charge in [0.05, 0.1) is 13.2 Å². The van der Waals surface area contributed by atoms with Gasteiger partial charge in [0, 0.05) is 11.6 Å². The Morgan fingerprint density at radius 3 is 2.74 bits per heavy atom. The normalized spacial score (nSPS) is 19.1. The third-order valence-electron chi connectivity index (χ3n) is 2.76. The van der Waals surface area contributed by atoms with Gasteiger partial charge in [-0.15, -0.1) is 0 Å². The van der Waals surface area contributed by atoms with Crippen molar-refractivity contribution in [1.29, 1.82) is 0 Å². The van der Waals surface area contributed by atoms with Crippen molar-refractivity contribution in [1.82, 2.24) is 4.90 Å². The van der Waals surface area contributed by atoms with Gasteiger partial charge in [0.25, 0.3) is 0 Å². The summed E-state index contributed by atoms with van der Waals surface area (Å²) in [4.78, 5) is 13.3. The number of rotatable bonds is 2. The molecule has 0 radical (unpaired) electrons. The van der Waals surface area contributed by atoms with Crippen LogP contribution in [-0.4, -0.2) is 30.7 Å². The molecule has 1 aliphatic rings. The van der Waals surface area contributed by atoms with Crippen LogP contribution in [0.2, 0.25) is 5.02 Å². The first-order valence-electron chi connectivity index (χ1n) is 5.74. The lowest BCUT2D eigenvalue weighted by Gasteiger charge is -2.32. The van der Waals surface area contributed by atoms with E-state index in [0.717, 1.165) is 5.56 Å². The zero-order chi connectivity index (χ0) is 13.8. The summed E-state index contributed by atoms with van der Waals surface area (Å²) >= 11 is 11.3. The minimum Gasteiger partial charge on any atom is -0.398 e. The van der Waals surface area contributed by atoms with Crippen molar-refractivity contribution in [2.75, 3.05) is 19.7 Å². The number of carbonyl (C=O) groups is 1. The first-order valence-corrected chi connectivity index (χ1v) is 6.50. The van der Waals surface area contributed by atoms with Gasteiger partial charge >= 0.3 is 6.09 Å². The van der Waals surface area contributed by atoms with Crippen molar-refractivity contribution in [2.45, 2.75) is 6.10 Å². The molecule has 6 heteroatoms. The number of benzene rings is 1. The van der Waals surface area contributed by atoms with Crippen LogP contribution in [0.5, 0.6) is 0 Å². The number of ether oxygens (including phenoxy) is 2. The summed E-state index contributed by atoms with van der Waals surface area (Å²) in [5.41, 5.74) is 0.964. The first-order chi connectivity index (χ1) is 9.06. The molecular formula is C13H13Cl2NO3. The van der Waals surface area contributed by atoms with Gasteiger partial charge in [-0.05, 0) is 35.9 Å². The molecular weight excluding hydrogens is 289 g/mol. The fraction of sp³-hybridized carbons (Fsp3) is 0.308. The van der Waals surface area contributed by atoms with Crippen LogP contribution in [-0.2, 0) is 9.47 Å². The minimum atomic E-state index is -0.512. The summed E-state index contributed by atoms with van der Waals surface area (Å²) in [5.74, 6) is 0. The summed E-state index contributed by atoms with van der Waals surface area (Å²) < 4.78 is 10.4. The van der Waals surface area contributed by atoms with E-state index in [1.54, 1.807) is 12.1 Å². The van der Waals surface area contributed by atoms with Crippen molar-refractivity contribution >= 4 is 29.3 Å². The van der Waals surface area contributed by atoms with Crippen LogP contribution in [0, 0.1) is 0 Å². The second kappa shape index (κ2) is 6.28. The van der Waals surface area contributed by atoms with Crippen LogP contribution in [0.15, 0.2) is 36.1 Å². The molecule has 1 aromatic rings. The first kappa shape index (κ1) is 14.2. The lowest BCUT2D eigenvalue weighted by molar-refractivity contribution is -0.0243. The van der Waals surface area contributed by atoms with E-state index in [2.05, 4.69) is 6.58 Å². The molecule has 1 saturated heterocycles. The Balaban J connectivity index is 2.02. The second-order valence-corrected chi connectivity index (χ2v) is 4.94. The molecule has 0 saturated carbocycles. The predicted molar refractivity (Wildman–Crippen MR) is 73.2 cm³/mol. The average Bonchev–Trinajstić information content (AvgIpc) is 2.39. The smallest absolute Gasteiger partial charge is 0.398 e. The van der Waals surface area contributed by atoms with E-state index >= 15 is 0 Å². The van der Waals surface area contributed by atoms with Gasteiger partial charge in [-0.2, -0.15) is 0 Å². The highest BCUT2D eigenvalue weighted by Crippen LogP contribution is 2.24. The van der Waals surface area contributed by atoms with Crippen molar-refractivity contribution in [3.63, 3.8) is 0 Å². The molecule has 0 unspecified atom stereocenters. The average molecular weight is 302 g/mol. The Bertz CT molecular complexity index is 475. The van der Waals surface area contributed by atoms with Crippen molar-refractivity contribution in [2.24, 2.45) is 0 Å². The zero-order valence-electron chi connectivity index (χ0n) is 10.1. The maximum absolute atomic E-state index is 11.7. The SMILES string of the molecule is C=C(Cl)OC(=O)N1CCO[C@H](c2ccc(Cl)cc2)C1. The van der Waals surface area contributed by atoms with Gasteiger partial charge in [-0.25, -0.2) is 4.79 Å². The standard InChI is InChI=1S/C13H13Cl2NO3/c1-9(14)19-13(17)16-6-7-18-12(8-16)10-2-4-11(15)5-3-10/h2-5,12H,1,6-8H2/t12-/m0/s1. The molecule has 0 N–H and O–H groups in total. The molecule has 1 atom stereocenters. The molecule has 1 heterocycles. The Hall–Kier alpha value is -1.23. The summed E-state index contributed by atoms with van der Waals surface area (Å²) in [7, 11) is 0. The third-order valence-corrected chi connectivity index (χ3v) is 3.09. The number of amides is 1. The summed E-state index contributed by atoms with van der Waals surface area (Å²) in [6, 6.07) is 7.33. The molecule has 1 amide bonds. The summed E-state index contributed by atoms with van der Waals surface area (Å²) in [6.07, 6.45) is -0.704. The molecule has 19 heavy (non-hydrogen) atoms. The molecule has 1 aromatic carbocycles. The molecule has 0 spiro atoms. The van der Waals surface area contributed by atoms with Crippen LogP contribution in [0.4, 0.5) is 4.79 Å². The number of morpholine rings is 1. The van der Waals surface area contributed by atoms with Gasteiger partial charge in [-0.3, -0.25) is 0 Å². The number of carbonyl (C=O) groups excluding carboxylic acids is 1. The molecule has 1 aliphatic heterocycles. The van der Waals surface area contributed by atoms with Gasteiger partial charge in [-0.1, -0.05) is 23.7 Å². The topological polar surface area (TPSA) is 38.8 Å². The number of halogens is 2. The highest BCUT2D eigenvalue weighted by Gasteiger charge is 2.26. The fourth-order valence-electron chi connectivity index (χ4n) is 1.85. The lowest BCUT2D eigenvalue weighted by Crippen LogP contribution is -2.42. The van der Waals surface area contributed by atoms with Crippen molar-refractivity contribution in [3.8, 4) is 0 Å². The molecule has 4 nitrogen and oxygen atoms in total. The Morgan fingerprint density at radius 1 is 1.42 bits per heavy atom. The predicted octanol–water partition coefficient (Wildman–Crippen LogP) is 3.56. The van der Waals surface area contributed by atoms with E-state index in [1.165, 1.54) is 4.90 Å². The van der Waals surface area contributed by atoms with Crippen molar-refractivity contribution < 1.29 is 14.3 Å². The van der Waals surface area contributed by atoms with Crippen LogP contribution in [0.3, 0.4) is 0 Å². The Labute approximate surface area is 121 Å². The highest BCUT2D eigenvalue weighted by molar-refractivity contribution is 6.30. The number of hydrogen-bond donors (Lipinski definition) is 0. The van der Waals surface area contributed by atoms with Gasteiger partial charge in [0.2, 0.25) is 0 Å². The molecule has 1 fully saturated rings. The van der Waals surface area contributed by atoms with Crippen LogP contribution in [0.1, 0.15) is 11.7 Å². The molecule has 0 aliphatic carbocycles. The number of nitrogens with zero attached hydrogens (tertiary/aromatic N) is 1. The van der Waals surface area contributed by atoms with Crippen LogP contribution in [0.25, 0.3) is 0 Å². The summed E-state index contributed by atoms with van der Waals surface area (Å²) in [6.45, 7) is 4.64. The van der Waals surface area contributed by atoms with Gasteiger partial charge in [0.1, 0.15) is 6.10 Å². The van der Waals surface area contributed by atoms with E-state index in [4.69, 9.17) is 32.7 Å². The third kappa shape index (κ3) is 3.86. The van der Waals surface area contributed by atoms with E-state index in [0.29, 0.717) is 24.7 Å². The van der Waals surface area contributed by atoms with E-state index in [1.807, 2.05) is 12.1 Å². The van der Waals surface area contributed by atoms with Gasteiger partial charge in [0.15, 0.2) is 5.22 Å². The zero-order valence-corrected chi connectivity index (χ0v) is 11.7. The monoisotopic (exact) mass is 301 g/mol. The molecule has 0 bridgehead atoms. The highest BCUT2D eigenvalue weighted by atomic mass is 35.5. The molecule has 102 valence electrons. The molecule has 2 rings (SSSR count). The lowest BCUT2D eigenvalue weighted by atomic mass is 10.1. The summed E-state index contributed by atoms with van der Waals surface area (Å²) in [5, 5.41) is 0.522. The van der Waals surface area contributed by atoms with Crippen molar-refractivity contribution in [3.05, 3.63) is 46.6 Å². The largest absolute Gasteiger partial charge is 0.416 e. The molecule has 0 aromatic heterocycles. The quantitative estimate of drug-likeness (QED) is 0.784. The van der Waals surface area contributed by atoms with E-state index in [-0.39, 0.29) is 11.3 Å². The Kier molecular flexibility index (Phi) is 4.69. The fourth-order valence-corrected chi connectivity index (χ4v) is 2.05.